The van der Waals surface area contributed by atoms with Gasteiger partial charge in [-0.05, 0) is 43.5 Å². The molecule has 8 heteroatoms. The molecule has 0 aliphatic carbocycles. The summed E-state index contributed by atoms with van der Waals surface area (Å²) in [6, 6.07) is 6.49. The number of carbonyl (C=O) groups is 2. The molecule has 2 amide bonds. The molecule has 0 atom stereocenters. The van der Waals surface area contributed by atoms with Gasteiger partial charge in [-0.2, -0.15) is 0 Å². The predicted molar refractivity (Wildman–Crippen MR) is 91.3 cm³/mol. The number of piperidine rings is 1. The molecule has 0 radical (unpaired) electrons. The molecule has 126 valence electrons. The minimum absolute atomic E-state index is 0.000142. The topological polar surface area (TPSA) is 58.6 Å². The van der Waals surface area contributed by atoms with Crippen molar-refractivity contribution in [2.75, 3.05) is 25.0 Å². The molecule has 0 saturated carbocycles. The highest BCUT2D eigenvalue weighted by molar-refractivity contribution is 6.76. The number of rotatable bonds is 4. The zero-order valence-electron chi connectivity index (χ0n) is 12.4. The van der Waals surface area contributed by atoms with Gasteiger partial charge in [0.05, 0.1) is 0 Å². The van der Waals surface area contributed by atoms with E-state index in [0.29, 0.717) is 11.4 Å². The number of halogens is 3. The van der Waals surface area contributed by atoms with Crippen molar-refractivity contribution in [2.24, 2.45) is 0 Å². The number of anilines is 1. The third-order valence-electron chi connectivity index (χ3n) is 3.44. The normalized spacial score (nSPS) is 15.2. The molecule has 0 spiro atoms. The largest absolute Gasteiger partial charge is 0.484 e. The lowest BCUT2D eigenvalue weighted by atomic mass is 10.1. The Hall–Kier alpha value is -1.17. The fourth-order valence-corrected chi connectivity index (χ4v) is 2.36. The maximum Gasteiger partial charge on any atom is 0.276 e. The summed E-state index contributed by atoms with van der Waals surface area (Å²) in [4.78, 5) is 25.3. The summed E-state index contributed by atoms with van der Waals surface area (Å²) in [5.74, 6) is -0.225. The summed E-state index contributed by atoms with van der Waals surface area (Å²) in [5.41, 5.74) is 0.469. The number of amides is 2. The Bertz CT molecular complexity index is 552. The number of nitrogens with one attached hydrogen (secondary N) is 1. The summed E-state index contributed by atoms with van der Waals surface area (Å²) >= 11 is 16.4. The maximum absolute atomic E-state index is 12.0. The summed E-state index contributed by atoms with van der Waals surface area (Å²) in [7, 11) is 0. The monoisotopic (exact) mass is 378 g/mol. The van der Waals surface area contributed by atoms with E-state index in [0.717, 1.165) is 25.9 Å². The van der Waals surface area contributed by atoms with Crippen LogP contribution in [-0.2, 0) is 9.59 Å². The molecule has 23 heavy (non-hydrogen) atoms. The highest BCUT2D eigenvalue weighted by Gasteiger charge is 2.30. The number of carbonyl (C=O) groups excluding carboxylic acids is 2. The minimum Gasteiger partial charge on any atom is -0.484 e. The zero-order chi connectivity index (χ0) is 16.9. The molecule has 1 fully saturated rings. The number of alkyl halides is 3. The Labute approximate surface area is 149 Å². The minimum atomic E-state index is -2.02. The van der Waals surface area contributed by atoms with Crippen LogP contribution >= 0.6 is 34.8 Å². The Balaban J connectivity index is 1.83. The van der Waals surface area contributed by atoms with E-state index in [1.54, 1.807) is 24.3 Å². The molecule has 0 bridgehead atoms. The maximum atomic E-state index is 12.0. The standard InChI is InChI=1S/C15H17Cl3N2O3/c16-15(17,18)14(22)19-11-4-6-12(7-5-11)23-10-13(21)20-8-2-1-3-9-20/h4-7H,1-3,8-10H2,(H,19,22). The Morgan fingerprint density at radius 1 is 1.09 bits per heavy atom. The average molecular weight is 380 g/mol. The first-order valence-corrected chi connectivity index (χ1v) is 8.38. The SMILES string of the molecule is O=C(COc1ccc(NC(=O)C(Cl)(Cl)Cl)cc1)N1CCCCC1. The summed E-state index contributed by atoms with van der Waals surface area (Å²) in [6.07, 6.45) is 3.26. The summed E-state index contributed by atoms with van der Waals surface area (Å²) < 4.78 is 3.45. The van der Waals surface area contributed by atoms with Gasteiger partial charge in [-0.25, -0.2) is 0 Å². The molecule has 5 nitrogen and oxygen atoms in total. The molecule has 1 aromatic carbocycles. The molecule has 1 aliphatic rings. The van der Waals surface area contributed by atoms with Crippen molar-refractivity contribution in [3.8, 4) is 5.75 Å². The summed E-state index contributed by atoms with van der Waals surface area (Å²) in [5, 5.41) is 2.46. The van der Waals surface area contributed by atoms with Crippen molar-refractivity contribution in [1.29, 1.82) is 0 Å². The van der Waals surface area contributed by atoms with Gasteiger partial charge in [0.1, 0.15) is 5.75 Å². The Kier molecular flexibility index (Phi) is 6.39. The van der Waals surface area contributed by atoms with Crippen molar-refractivity contribution in [1.82, 2.24) is 4.90 Å². The van der Waals surface area contributed by atoms with Gasteiger partial charge < -0.3 is 15.0 Å². The van der Waals surface area contributed by atoms with E-state index in [-0.39, 0.29) is 12.5 Å². The fourth-order valence-electron chi connectivity index (χ4n) is 2.22. The summed E-state index contributed by atoms with van der Waals surface area (Å²) in [6.45, 7) is 1.59. The van der Waals surface area contributed by atoms with E-state index in [9.17, 15) is 9.59 Å². The molecular formula is C15H17Cl3N2O3. The van der Waals surface area contributed by atoms with Crippen LogP contribution in [0, 0.1) is 0 Å². The van der Waals surface area contributed by atoms with E-state index in [2.05, 4.69) is 5.32 Å². The van der Waals surface area contributed by atoms with Crippen LogP contribution in [0.1, 0.15) is 19.3 Å². The van der Waals surface area contributed by atoms with Crippen molar-refractivity contribution < 1.29 is 14.3 Å². The first-order chi connectivity index (χ1) is 10.9. The van der Waals surface area contributed by atoms with E-state index in [4.69, 9.17) is 39.5 Å². The fraction of sp³-hybridized carbons (Fsp3) is 0.467. The van der Waals surface area contributed by atoms with Crippen molar-refractivity contribution in [3.05, 3.63) is 24.3 Å². The van der Waals surface area contributed by atoms with E-state index < -0.39 is 9.70 Å². The van der Waals surface area contributed by atoms with Gasteiger partial charge in [0.2, 0.25) is 0 Å². The first-order valence-electron chi connectivity index (χ1n) is 7.25. The van der Waals surface area contributed by atoms with Crippen molar-refractivity contribution in [2.45, 2.75) is 23.1 Å². The van der Waals surface area contributed by atoms with Gasteiger partial charge in [0.25, 0.3) is 15.6 Å². The quantitative estimate of drug-likeness (QED) is 0.816. The molecular weight excluding hydrogens is 363 g/mol. The van der Waals surface area contributed by atoms with Gasteiger partial charge in [-0.1, -0.05) is 34.8 Å². The smallest absolute Gasteiger partial charge is 0.276 e. The van der Waals surface area contributed by atoms with Crippen LogP contribution in [0.3, 0.4) is 0 Å². The Morgan fingerprint density at radius 3 is 2.26 bits per heavy atom. The van der Waals surface area contributed by atoms with Crippen LogP contribution < -0.4 is 10.1 Å². The van der Waals surface area contributed by atoms with E-state index in [1.165, 1.54) is 6.42 Å². The number of nitrogens with zero attached hydrogens (tertiary/aromatic N) is 1. The molecule has 2 rings (SSSR count). The van der Waals surface area contributed by atoms with Gasteiger partial charge in [-0.3, -0.25) is 9.59 Å². The van der Waals surface area contributed by atoms with Crippen LogP contribution in [0.5, 0.6) is 5.75 Å². The lowest BCUT2D eigenvalue weighted by Crippen LogP contribution is -2.38. The van der Waals surface area contributed by atoms with Crippen LogP contribution in [-0.4, -0.2) is 40.2 Å². The molecule has 1 aromatic rings. The highest BCUT2D eigenvalue weighted by atomic mass is 35.6. The van der Waals surface area contributed by atoms with Crippen LogP contribution in [0.2, 0.25) is 0 Å². The van der Waals surface area contributed by atoms with Crippen LogP contribution in [0.15, 0.2) is 24.3 Å². The second-order valence-electron chi connectivity index (χ2n) is 5.21. The van der Waals surface area contributed by atoms with Crippen LogP contribution in [0.25, 0.3) is 0 Å². The molecule has 1 heterocycles. The number of likely N-dealkylation sites (tertiary alicyclic amines) is 1. The lowest BCUT2D eigenvalue weighted by Gasteiger charge is -2.26. The molecule has 1 saturated heterocycles. The van der Waals surface area contributed by atoms with Crippen LogP contribution in [0.4, 0.5) is 5.69 Å². The average Bonchev–Trinajstić information content (AvgIpc) is 2.54. The molecule has 1 aliphatic heterocycles. The van der Waals surface area contributed by atoms with E-state index in [1.807, 2.05) is 4.90 Å². The lowest BCUT2D eigenvalue weighted by molar-refractivity contribution is -0.134. The first kappa shape index (κ1) is 18.2. The molecule has 0 unspecified atom stereocenters. The van der Waals surface area contributed by atoms with Crippen molar-refractivity contribution in [3.63, 3.8) is 0 Å². The van der Waals surface area contributed by atoms with Gasteiger partial charge in [-0.15, -0.1) is 0 Å². The number of benzene rings is 1. The third kappa shape index (κ3) is 5.75. The zero-order valence-corrected chi connectivity index (χ0v) is 14.6. The van der Waals surface area contributed by atoms with Gasteiger partial charge in [0.15, 0.2) is 6.61 Å². The highest BCUT2D eigenvalue weighted by Crippen LogP contribution is 2.28. The Morgan fingerprint density at radius 2 is 1.70 bits per heavy atom. The number of hydrogen-bond acceptors (Lipinski definition) is 3. The predicted octanol–water partition coefficient (Wildman–Crippen LogP) is 3.39. The second kappa shape index (κ2) is 8.08. The molecule has 1 N–H and O–H groups in total. The van der Waals surface area contributed by atoms with Crippen molar-refractivity contribution >= 4 is 52.3 Å². The van der Waals surface area contributed by atoms with Gasteiger partial charge in [0, 0.05) is 18.8 Å². The third-order valence-corrected chi connectivity index (χ3v) is 3.96. The van der Waals surface area contributed by atoms with E-state index >= 15 is 0 Å². The molecule has 0 aromatic heterocycles. The number of ether oxygens (including phenoxy) is 1. The number of hydrogen-bond donors (Lipinski definition) is 1. The van der Waals surface area contributed by atoms with Gasteiger partial charge >= 0.3 is 0 Å². The second-order valence-corrected chi connectivity index (χ2v) is 7.49.